The van der Waals surface area contributed by atoms with Crippen molar-refractivity contribution in [2.75, 3.05) is 0 Å². The minimum atomic E-state index is -1.04. The molecule has 0 heterocycles. The zero-order chi connectivity index (χ0) is 14.7. The van der Waals surface area contributed by atoms with Gasteiger partial charge in [-0.1, -0.05) is 34.8 Å². The fourth-order valence-corrected chi connectivity index (χ4v) is 2.33. The summed E-state index contributed by atoms with van der Waals surface area (Å²) in [5.74, 6) is -0.578. The van der Waals surface area contributed by atoms with Crippen LogP contribution in [0.5, 0.6) is 5.75 Å². The van der Waals surface area contributed by atoms with Gasteiger partial charge in [-0.15, -0.1) is 0 Å². The van der Waals surface area contributed by atoms with E-state index in [0.29, 0.717) is 26.4 Å². The van der Waals surface area contributed by atoms with E-state index in [-0.39, 0.29) is 12.2 Å². The number of aromatic carboxylic acids is 1. The van der Waals surface area contributed by atoms with E-state index in [0.717, 1.165) is 0 Å². The predicted octanol–water partition coefficient (Wildman–Crippen LogP) is 4.92. The molecule has 3 nitrogen and oxygen atoms in total. The highest BCUT2D eigenvalue weighted by molar-refractivity contribution is 6.35. The maximum atomic E-state index is 10.9. The van der Waals surface area contributed by atoms with Crippen molar-refractivity contribution in [3.63, 3.8) is 0 Å². The Labute approximate surface area is 130 Å². The molecule has 2 aromatic rings. The lowest BCUT2D eigenvalue weighted by Gasteiger charge is -2.09. The monoisotopic (exact) mass is 330 g/mol. The zero-order valence-electron chi connectivity index (χ0n) is 10.1. The second-order valence-corrected chi connectivity index (χ2v) is 5.30. The molecule has 0 unspecified atom stereocenters. The molecule has 0 saturated heterocycles. The third-order valence-corrected chi connectivity index (χ3v) is 3.24. The SMILES string of the molecule is O=C(O)c1cc(Cl)cc(COc2ccc(Cl)cc2Cl)c1. The van der Waals surface area contributed by atoms with E-state index < -0.39 is 5.97 Å². The van der Waals surface area contributed by atoms with Crippen LogP contribution in [0.1, 0.15) is 15.9 Å². The topological polar surface area (TPSA) is 46.5 Å². The van der Waals surface area contributed by atoms with Crippen LogP contribution in [0.25, 0.3) is 0 Å². The number of carboxylic acids is 1. The Morgan fingerprint density at radius 2 is 1.80 bits per heavy atom. The van der Waals surface area contributed by atoms with Crippen LogP contribution in [0.4, 0.5) is 0 Å². The van der Waals surface area contributed by atoms with Gasteiger partial charge in [0.05, 0.1) is 10.6 Å². The predicted molar refractivity (Wildman–Crippen MR) is 79.2 cm³/mol. The summed E-state index contributed by atoms with van der Waals surface area (Å²) < 4.78 is 5.53. The van der Waals surface area contributed by atoms with Crippen molar-refractivity contribution < 1.29 is 14.6 Å². The molecule has 0 fully saturated rings. The van der Waals surface area contributed by atoms with Crippen LogP contribution < -0.4 is 4.74 Å². The van der Waals surface area contributed by atoms with Gasteiger partial charge in [-0.2, -0.15) is 0 Å². The van der Waals surface area contributed by atoms with Gasteiger partial charge in [-0.3, -0.25) is 0 Å². The van der Waals surface area contributed by atoms with Gasteiger partial charge in [0.15, 0.2) is 0 Å². The highest BCUT2D eigenvalue weighted by atomic mass is 35.5. The quantitative estimate of drug-likeness (QED) is 0.864. The molecular weight excluding hydrogens is 323 g/mol. The summed E-state index contributed by atoms with van der Waals surface area (Å²) in [5, 5.41) is 10.2. The third-order valence-electron chi connectivity index (χ3n) is 2.49. The molecule has 0 aliphatic carbocycles. The van der Waals surface area contributed by atoms with Gasteiger partial charge in [0, 0.05) is 10.0 Å². The number of halogens is 3. The third kappa shape index (κ3) is 3.79. The van der Waals surface area contributed by atoms with E-state index in [1.165, 1.54) is 12.1 Å². The van der Waals surface area contributed by atoms with Crippen molar-refractivity contribution in [1.29, 1.82) is 0 Å². The largest absolute Gasteiger partial charge is 0.487 e. The first-order valence-electron chi connectivity index (χ1n) is 5.56. The van der Waals surface area contributed by atoms with Crippen LogP contribution in [0.15, 0.2) is 36.4 Å². The first kappa shape index (κ1) is 15.0. The normalized spacial score (nSPS) is 10.3. The summed E-state index contributed by atoms with van der Waals surface area (Å²) in [6.45, 7) is 0.155. The van der Waals surface area contributed by atoms with Crippen molar-refractivity contribution >= 4 is 40.8 Å². The van der Waals surface area contributed by atoms with E-state index in [2.05, 4.69) is 0 Å². The molecule has 0 aliphatic heterocycles. The molecule has 20 heavy (non-hydrogen) atoms. The van der Waals surface area contributed by atoms with E-state index in [9.17, 15) is 4.79 Å². The van der Waals surface area contributed by atoms with Gasteiger partial charge in [-0.25, -0.2) is 4.79 Å². The summed E-state index contributed by atoms with van der Waals surface area (Å²) in [4.78, 5) is 10.9. The summed E-state index contributed by atoms with van der Waals surface area (Å²) >= 11 is 17.6. The molecule has 0 atom stereocenters. The van der Waals surface area contributed by atoms with Crippen LogP contribution >= 0.6 is 34.8 Å². The zero-order valence-corrected chi connectivity index (χ0v) is 12.3. The lowest BCUT2D eigenvalue weighted by molar-refractivity contribution is 0.0696. The number of benzene rings is 2. The van der Waals surface area contributed by atoms with Crippen LogP contribution in [0, 0.1) is 0 Å². The molecule has 0 aromatic heterocycles. The molecule has 104 valence electrons. The average Bonchev–Trinajstić information content (AvgIpc) is 2.37. The van der Waals surface area contributed by atoms with Crippen LogP contribution in [0.3, 0.4) is 0 Å². The standard InChI is InChI=1S/C14H9Cl3O3/c15-10-1-2-13(12(17)6-10)20-7-8-3-9(14(18)19)5-11(16)4-8/h1-6H,7H2,(H,18,19). The van der Waals surface area contributed by atoms with Gasteiger partial charge in [0.2, 0.25) is 0 Å². The minimum Gasteiger partial charge on any atom is -0.487 e. The Kier molecular flexibility index (Phi) is 4.76. The Hall–Kier alpha value is -1.42. The molecule has 0 spiro atoms. The highest BCUT2D eigenvalue weighted by Crippen LogP contribution is 2.28. The fraction of sp³-hybridized carbons (Fsp3) is 0.0714. The average molecular weight is 332 g/mol. The summed E-state index contributed by atoms with van der Waals surface area (Å²) in [6.07, 6.45) is 0. The molecule has 2 rings (SSSR count). The smallest absolute Gasteiger partial charge is 0.335 e. The van der Waals surface area contributed by atoms with Crippen LogP contribution in [-0.2, 0) is 6.61 Å². The van der Waals surface area contributed by atoms with E-state index in [4.69, 9.17) is 44.6 Å². The van der Waals surface area contributed by atoms with Crippen molar-refractivity contribution in [2.45, 2.75) is 6.61 Å². The van der Waals surface area contributed by atoms with E-state index >= 15 is 0 Å². The lowest BCUT2D eigenvalue weighted by atomic mass is 10.1. The van der Waals surface area contributed by atoms with Crippen LogP contribution in [-0.4, -0.2) is 11.1 Å². The number of hydrogen-bond acceptors (Lipinski definition) is 2. The maximum Gasteiger partial charge on any atom is 0.335 e. The molecule has 0 amide bonds. The van der Waals surface area contributed by atoms with Crippen molar-refractivity contribution in [3.8, 4) is 5.75 Å². The van der Waals surface area contributed by atoms with E-state index in [1.807, 2.05) is 0 Å². The van der Waals surface area contributed by atoms with Crippen LogP contribution in [0.2, 0.25) is 15.1 Å². The van der Waals surface area contributed by atoms with Gasteiger partial charge in [0.25, 0.3) is 0 Å². The van der Waals surface area contributed by atoms with Gasteiger partial charge >= 0.3 is 5.97 Å². The maximum absolute atomic E-state index is 10.9. The molecule has 0 aliphatic rings. The number of carbonyl (C=O) groups is 1. The summed E-state index contributed by atoms with van der Waals surface area (Å²) in [6, 6.07) is 9.38. The number of ether oxygens (including phenoxy) is 1. The molecule has 0 radical (unpaired) electrons. The minimum absolute atomic E-state index is 0.110. The van der Waals surface area contributed by atoms with Crippen molar-refractivity contribution in [2.24, 2.45) is 0 Å². The Morgan fingerprint density at radius 3 is 2.45 bits per heavy atom. The first-order valence-corrected chi connectivity index (χ1v) is 6.70. The number of rotatable bonds is 4. The Bertz CT molecular complexity index is 656. The molecular formula is C14H9Cl3O3. The van der Waals surface area contributed by atoms with Gasteiger partial charge in [0.1, 0.15) is 12.4 Å². The Balaban J connectivity index is 2.16. The van der Waals surface area contributed by atoms with E-state index in [1.54, 1.807) is 24.3 Å². The molecule has 0 bridgehead atoms. The second-order valence-electron chi connectivity index (χ2n) is 4.02. The fourth-order valence-electron chi connectivity index (χ4n) is 1.61. The number of hydrogen-bond donors (Lipinski definition) is 1. The molecule has 0 saturated carbocycles. The molecule has 6 heteroatoms. The van der Waals surface area contributed by atoms with Gasteiger partial charge in [-0.05, 0) is 42.0 Å². The van der Waals surface area contributed by atoms with Crippen molar-refractivity contribution in [1.82, 2.24) is 0 Å². The number of carboxylic acid groups (broad SMARTS) is 1. The summed E-state index contributed by atoms with van der Waals surface area (Å²) in [5.41, 5.74) is 0.749. The molecule has 1 N–H and O–H groups in total. The van der Waals surface area contributed by atoms with Gasteiger partial charge < -0.3 is 9.84 Å². The van der Waals surface area contributed by atoms with Crippen molar-refractivity contribution in [3.05, 3.63) is 62.6 Å². The Morgan fingerprint density at radius 1 is 1.05 bits per heavy atom. The second kappa shape index (κ2) is 6.35. The highest BCUT2D eigenvalue weighted by Gasteiger charge is 2.08. The molecule has 2 aromatic carbocycles. The first-order chi connectivity index (χ1) is 9.45. The lowest BCUT2D eigenvalue weighted by Crippen LogP contribution is -2.01. The summed E-state index contributed by atoms with van der Waals surface area (Å²) in [7, 11) is 0.